The second-order valence-electron chi connectivity index (χ2n) is 3.42. The minimum absolute atomic E-state index is 0.0383. The fourth-order valence-electron chi connectivity index (χ4n) is 1.43. The molecule has 16 heavy (non-hydrogen) atoms. The third-order valence-electron chi connectivity index (χ3n) is 2.25. The molecule has 0 unspecified atom stereocenters. The molecular weight excluding hydrogens is 224 g/mol. The van der Waals surface area contributed by atoms with Crippen molar-refractivity contribution in [2.45, 2.75) is 12.5 Å². The number of Topliss-reactive ketones (excluding diaryl/α,β-unsaturated/α-hetero) is 1. The molecule has 0 aromatic heterocycles. The fourth-order valence-corrected chi connectivity index (χ4v) is 1.62. The Hall–Kier alpha value is -0.995. The quantitative estimate of drug-likeness (QED) is 0.568. The van der Waals surface area contributed by atoms with Crippen LogP contribution in [0.2, 0.25) is 0 Å². The second-order valence-corrected chi connectivity index (χ2v) is 3.68. The fraction of sp³-hybridized carbons (Fsp3) is 0.364. The zero-order valence-electron chi connectivity index (χ0n) is 8.86. The minimum atomic E-state index is -0.384. The van der Waals surface area contributed by atoms with Gasteiger partial charge in [-0.1, -0.05) is 0 Å². The first-order valence-corrected chi connectivity index (χ1v) is 5.61. The van der Waals surface area contributed by atoms with Crippen LogP contribution in [0.1, 0.15) is 5.56 Å². The Balaban J connectivity index is 2.63. The Labute approximate surface area is 100 Å². The molecule has 5 heteroatoms. The Morgan fingerprint density at radius 3 is 2.62 bits per heavy atom. The van der Waals surface area contributed by atoms with E-state index in [1.807, 2.05) is 30.3 Å². The molecular formula is C11H13BClNO2. The predicted molar refractivity (Wildman–Crippen MR) is 64.1 cm³/mol. The van der Waals surface area contributed by atoms with Crippen molar-refractivity contribution in [1.29, 1.82) is 0 Å². The number of rotatable bonds is 7. The van der Waals surface area contributed by atoms with Crippen LogP contribution in [0.25, 0.3) is 0 Å². The van der Waals surface area contributed by atoms with E-state index in [0.29, 0.717) is 6.42 Å². The van der Waals surface area contributed by atoms with Gasteiger partial charge in [-0.15, -0.1) is 0 Å². The molecule has 1 atom stereocenters. The zero-order chi connectivity index (χ0) is 11.8. The van der Waals surface area contributed by atoms with E-state index < -0.39 is 0 Å². The van der Waals surface area contributed by atoms with E-state index in [0.717, 1.165) is 12.7 Å². The van der Waals surface area contributed by atoms with Crippen LogP contribution in [0.5, 0.6) is 0 Å². The Bertz CT molecular complexity index is 345. The molecule has 1 aromatic carbocycles. The summed E-state index contributed by atoms with van der Waals surface area (Å²) in [5.74, 6) is -0.129. The van der Waals surface area contributed by atoms with E-state index >= 15 is 0 Å². The predicted octanol–water partition coefficient (Wildman–Crippen LogP) is 1.00. The molecule has 0 aliphatic heterocycles. The molecule has 0 radical (unpaired) electrons. The maximum absolute atomic E-state index is 11.5. The van der Waals surface area contributed by atoms with E-state index in [1.165, 1.54) is 0 Å². The summed E-state index contributed by atoms with van der Waals surface area (Å²) in [6.07, 6.45) is 0.723. The van der Waals surface area contributed by atoms with Crippen molar-refractivity contribution in [2.75, 3.05) is 12.3 Å². The number of benzene rings is 1. The van der Waals surface area contributed by atoms with Crippen molar-refractivity contribution in [3.8, 4) is 0 Å². The number of ketones is 1. The van der Waals surface area contributed by atoms with Crippen LogP contribution >= 0.6 is 11.6 Å². The van der Waals surface area contributed by atoms with Crippen molar-refractivity contribution < 1.29 is 9.50 Å². The van der Waals surface area contributed by atoms with Crippen LogP contribution in [0, 0.1) is 0 Å². The number of halogens is 1. The Morgan fingerprint density at radius 1 is 1.38 bits per heavy atom. The van der Waals surface area contributed by atoms with Gasteiger partial charge in [-0.2, -0.15) is 0 Å². The molecule has 0 saturated heterocycles. The van der Waals surface area contributed by atoms with Gasteiger partial charge in [0, 0.05) is 0 Å². The molecule has 0 bridgehead atoms. The molecule has 0 amide bonds. The van der Waals surface area contributed by atoms with Crippen LogP contribution in [-0.4, -0.2) is 31.3 Å². The van der Waals surface area contributed by atoms with Gasteiger partial charge in [0.25, 0.3) is 0 Å². The van der Waals surface area contributed by atoms with Gasteiger partial charge < -0.3 is 0 Å². The van der Waals surface area contributed by atoms with Gasteiger partial charge in [-0.05, 0) is 0 Å². The number of nitrogens with one attached hydrogen (secondary N) is 1. The monoisotopic (exact) mass is 237 g/mol. The van der Waals surface area contributed by atoms with Crippen molar-refractivity contribution in [3.63, 3.8) is 0 Å². The third-order valence-corrected chi connectivity index (χ3v) is 2.51. The number of alkyl halides is 1. The van der Waals surface area contributed by atoms with Crippen molar-refractivity contribution in [1.82, 2.24) is 5.32 Å². The number of hydrogen-bond donors (Lipinski definition) is 1. The summed E-state index contributed by atoms with van der Waals surface area (Å²) in [5, 5.41) is 2.87. The summed E-state index contributed by atoms with van der Waals surface area (Å²) in [7, 11) is 0.736. The van der Waals surface area contributed by atoms with E-state index in [4.69, 9.17) is 11.6 Å². The van der Waals surface area contributed by atoms with Crippen LogP contribution in [0.3, 0.4) is 0 Å². The van der Waals surface area contributed by atoms with Crippen molar-refractivity contribution in [3.05, 3.63) is 35.9 Å². The summed E-state index contributed by atoms with van der Waals surface area (Å²) in [4.78, 5) is 11.5. The summed E-state index contributed by atoms with van der Waals surface area (Å²) in [6.45, 7) is 0. The molecule has 0 saturated carbocycles. The molecule has 84 valence electrons. The van der Waals surface area contributed by atoms with E-state index in [2.05, 4.69) is 5.32 Å². The zero-order valence-corrected chi connectivity index (χ0v) is 9.61. The van der Waals surface area contributed by atoms with Crippen molar-refractivity contribution >= 4 is 24.5 Å². The van der Waals surface area contributed by atoms with Gasteiger partial charge in [-0.3, -0.25) is 0 Å². The average molecular weight is 237 g/mol. The van der Waals surface area contributed by atoms with E-state index in [-0.39, 0.29) is 24.1 Å². The van der Waals surface area contributed by atoms with Crippen molar-refractivity contribution in [2.24, 2.45) is 0 Å². The molecule has 0 aliphatic carbocycles. The standard InChI is InChI=1S/C11H13BClNO2/c13-7-11(15)10(14-8-12-16)6-9-4-2-1-3-5-9/h1-5,10,14H,6-8H2/t10-/m0/s1. The number of carbonyl (C=O) groups excluding carboxylic acids is 1. The third kappa shape index (κ3) is 4.25. The summed E-state index contributed by atoms with van der Waals surface area (Å²) in [5.41, 5.74) is 1.05. The van der Waals surface area contributed by atoms with Crippen LogP contribution < -0.4 is 5.32 Å². The first kappa shape index (κ1) is 13.1. The number of carbonyl (C=O) groups is 1. The summed E-state index contributed by atoms with van der Waals surface area (Å²) in [6, 6.07) is 9.24. The molecule has 0 spiro atoms. The molecule has 1 aromatic rings. The second kappa shape index (κ2) is 7.31. The van der Waals surface area contributed by atoms with Crippen LogP contribution in [-0.2, 0) is 15.9 Å². The van der Waals surface area contributed by atoms with Crippen LogP contribution in [0.15, 0.2) is 30.3 Å². The van der Waals surface area contributed by atoms with Gasteiger partial charge in [0.05, 0.1) is 0 Å². The Kier molecular flexibility index (Phi) is 5.97. The SMILES string of the molecule is O=BCN[C@@H](Cc1ccccc1)C(=O)CCl. The normalized spacial score (nSPS) is 11.8. The van der Waals surface area contributed by atoms with E-state index in [1.54, 1.807) is 0 Å². The van der Waals surface area contributed by atoms with Gasteiger partial charge >= 0.3 is 100 Å². The van der Waals surface area contributed by atoms with Crippen LogP contribution in [0.4, 0.5) is 0 Å². The van der Waals surface area contributed by atoms with E-state index in [9.17, 15) is 9.50 Å². The van der Waals surface area contributed by atoms with Gasteiger partial charge in [0.2, 0.25) is 0 Å². The summed E-state index contributed by atoms with van der Waals surface area (Å²) < 4.78 is 10.3. The topological polar surface area (TPSA) is 46.2 Å². The number of hydrogen-bond acceptors (Lipinski definition) is 3. The first-order chi connectivity index (χ1) is 7.77. The molecule has 0 fully saturated rings. The van der Waals surface area contributed by atoms with Gasteiger partial charge in [-0.25, -0.2) is 0 Å². The molecule has 1 rings (SSSR count). The molecule has 1 N–H and O–H groups in total. The average Bonchev–Trinajstić information content (AvgIpc) is 2.34. The van der Waals surface area contributed by atoms with Gasteiger partial charge in [0.15, 0.2) is 0 Å². The molecule has 3 nitrogen and oxygen atoms in total. The first-order valence-electron chi connectivity index (χ1n) is 5.07. The maximum atomic E-state index is 11.5. The summed E-state index contributed by atoms with van der Waals surface area (Å²) >= 11 is 5.51. The van der Waals surface area contributed by atoms with Gasteiger partial charge in [0.1, 0.15) is 0 Å². The molecule has 0 aliphatic rings. The molecule has 0 heterocycles. The Morgan fingerprint density at radius 2 is 2.06 bits per heavy atom.